The van der Waals surface area contributed by atoms with Crippen LogP contribution >= 0.6 is 28.3 Å². The summed E-state index contributed by atoms with van der Waals surface area (Å²) in [6, 6.07) is 3.73. The quantitative estimate of drug-likeness (QED) is 0.609. The largest absolute Gasteiger partial charge is 0.397 e. The maximum absolute atomic E-state index is 11.7. The molecule has 0 heterocycles. The molecule has 0 saturated heterocycles. The van der Waals surface area contributed by atoms with Gasteiger partial charge in [-0.15, -0.1) is 12.4 Å². The van der Waals surface area contributed by atoms with Gasteiger partial charge < -0.3 is 15.8 Å². The summed E-state index contributed by atoms with van der Waals surface area (Å²) in [5.41, 5.74) is 8.12. The second-order valence-corrected chi connectivity index (χ2v) is 4.95. The zero-order valence-corrected chi connectivity index (χ0v) is 13.6. The molecular formula is C13H20BrClN2O2. The van der Waals surface area contributed by atoms with E-state index < -0.39 is 0 Å². The van der Waals surface area contributed by atoms with Crippen molar-refractivity contribution < 1.29 is 9.53 Å². The summed E-state index contributed by atoms with van der Waals surface area (Å²) in [7, 11) is 0. The number of benzene rings is 1. The molecule has 3 N–H and O–H groups in total. The Morgan fingerprint density at radius 1 is 1.47 bits per heavy atom. The zero-order chi connectivity index (χ0) is 13.5. The van der Waals surface area contributed by atoms with E-state index >= 15 is 0 Å². The summed E-state index contributed by atoms with van der Waals surface area (Å²) in [4.78, 5) is 11.7. The summed E-state index contributed by atoms with van der Waals surface area (Å²) >= 11 is 3.38. The number of amides is 1. The van der Waals surface area contributed by atoms with Crippen molar-refractivity contribution in [2.24, 2.45) is 0 Å². The van der Waals surface area contributed by atoms with Crippen LogP contribution in [-0.4, -0.2) is 19.1 Å². The molecule has 0 unspecified atom stereocenters. The lowest BCUT2D eigenvalue weighted by atomic mass is 10.1. The second kappa shape index (κ2) is 9.18. The minimum absolute atomic E-state index is 0. The van der Waals surface area contributed by atoms with Crippen LogP contribution in [0.5, 0.6) is 0 Å². The Hall–Kier alpha value is -0.780. The third kappa shape index (κ3) is 6.27. The fourth-order valence-corrected chi connectivity index (χ4v) is 2.12. The Balaban J connectivity index is 0.00000324. The van der Waals surface area contributed by atoms with Gasteiger partial charge in [-0.3, -0.25) is 4.79 Å². The highest BCUT2D eigenvalue weighted by molar-refractivity contribution is 9.10. The Bertz CT molecular complexity index is 427. The highest BCUT2D eigenvalue weighted by Gasteiger charge is 2.08. The van der Waals surface area contributed by atoms with Gasteiger partial charge >= 0.3 is 0 Å². The second-order valence-electron chi connectivity index (χ2n) is 4.03. The first-order chi connectivity index (χ1) is 8.54. The van der Waals surface area contributed by atoms with Crippen LogP contribution in [0.3, 0.4) is 0 Å². The number of hydrogen-bond acceptors (Lipinski definition) is 3. The van der Waals surface area contributed by atoms with Crippen LogP contribution in [0.15, 0.2) is 16.6 Å². The highest BCUT2D eigenvalue weighted by atomic mass is 79.9. The standard InChI is InChI=1S/C13H19BrN2O2.ClH/c1-3-18-6-4-5-12(17)16-11-8-10(14)7-9(2)13(11)15;/h7-8H,3-6,15H2,1-2H3,(H,16,17);1H. The molecular weight excluding hydrogens is 332 g/mol. The molecule has 1 aromatic rings. The van der Waals surface area contributed by atoms with Crippen molar-refractivity contribution in [2.45, 2.75) is 26.7 Å². The van der Waals surface area contributed by atoms with E-state index in [1.807, 2.05) is 26.0 Å². The number of carbonyl (C=O) groups is 1. The van der Waals surface area contributed by atoms with Crippen molar-refractivity contribution in [3.63, 3.8) is 0 Å². The number of nitrogens with one attached hydrogen (secondary N) is 1. The van der Waals surface area contributed by atoms with E-state index in [4.69, 9.17) is 10.5 Å². The van der Waals surface area contributed by atoms with Crippen molar-refractivity contribution in [2.75, 3.05) is 24.3 Å². The average molecular weight is 352 g/mol. The maximum Gasteiger partial charge on any atom is 0.224 e. The number of anilines is 2. The summed E-state index contributed by atoms with van der Waals surface area (Å²) in [5.74, 6) is -0.0427. The molecule has 1 aromatic carbocycles. The highest BCUT2D eigenvalue weighted by Crippen LogP contribution is 2.27. The number of aryl methyl sites for hydroxylation is 1. The Morgan fingerprint density at radius 3 is 2.79 bits per heavy atom. The predicted octanol–water partition coefficient (Wildman–Crippen LogP) is 3.52. The molecule has 0 radical (unpaired) electrons. The van der Waals surface area contributed by atoms with Crippen molar-refractivity contribution in [1.29, 1.82) is 0 Å². The molecule has 0 fully saturated rings. The maximum atomic E-state index is 11.7. The summed E-state index contributed by atoms with van der Waals surface area (Å²) in [5, 5.41) is 2.82. The van der Waals surface area contributed by atoms with Gasteiger partial charge in [0.2, 0.25) is 5.91 Å². The monoisotopic (exact) mass is 350 g/mol. The van der Waals surface area contributed by atoms with Gasteiger partial charge in [-0.05, 0) is 38.0 Å². The molecule has 1 rings (SSSR count). The number of halogens is 2. The van der Waals surface area contributed by atoms with Crippen molar-refractivity contribution in [3.8, 4) is 0 Å². The van der Waals surface area contributed by atoms with Crippen molar-refractivity contribution in [3.05, 3.63) is 22.2 Å². The fraction of sp³-hybridized carbons (Fsp3) is 0.462. The number of nitrogens with two attached hydrogens (primary N) is 1. The first-order valence-electron chi connectivity index (χ1n) is 5.97. The molecule has 0 bridgehead atoms. The zero-order valence-electron chi connectivity index (χ0n) is 11.2. The van der Waals surface area contributed by atoms with Crippen LogP contribution in [0, 0.1) is 6.92 Å². The van der Waals surface area contributed by atoms with Crippen LogP contribution in [0.4, 0.5) is 11.4 Å². The minimum atomic E-state index is -0.0427. The predicted molar refractivity (Wildman–Crippen MR) is 84.9 cm³/mol. The molecule has 19 heavy (non-hydrogen) atoms. The van der Waals surface area contributed by atoms with E-state index in [-0.39, 0.29) is 18.3 Å². The normalized spacial score (nSPS) is 9.84. The van der Waals surface area contributed by atoms with Crippen LogP contribution in [-0.2, 0) is 9.53 Å². The van der Waals surface area contributed by atoms with E-state index in [2.05, 4.69) is 21.2 Å². The third-order valence-electron chi connectivity index (χ3n) is 2.52. The van der Waals surface area contributed by atoms with E-state index in [0.717, 1.165) is 10.0 Å². The fourth-order valence-electron chi connectivity index (χ4n) is 1.55. The van der Waals surface area contributed by atoms with Gasteiger partial charge in [0.25, 0.3) is 0 Å². The molecule has 0 aliphatic heterocycles. The van der Waals surface area contributed by atoms with E-state index in [1.165, 1.54) is 0 Å². The number of hydrogen-bond donors (Lipinski definition) is 2. The number of ether oxygens (including phenoxy) is 1. The Kier molecular flexibility index (Phi) is 8.80. The van der Waals surface area contributed by atoms with Crippen LogP contribution < -0.4 is 11.1 Å². The lowest BCUT2D eigenvalue weighted by molar-refractivity contribution is -0.116. The Morgan fingerprint density at radius 2 is 2.16 bits per heavy atom. The molecule has 0 aromatic heterocycles. The summed E-state index contributed by atoms with van der Waals surface area (Å²) in [6.07, 6.45) is 1.15. The number of carbonyl (C=O) groups excluding carboxylic acids is 1. The van der Waals surface area contributed by atoms with Crippen LogP contribution in [0.2, 0.25) is 0 Å². The SMILES string of the molecule is CCOCCCC(=O)Nc1cc(Br)cc(C)c1N.Cl. The molecule has 4 nitrogen and oxygen atoms in total. The molecule has 0 atom stereocenters. The van der Waals surface area contributed by atoms with Gasteiger partial charge in [-0.1, -0.05) is 15.9 Å². The van der Waals surface area contributed by atoms with Gasteiger partial charge in [-0.2, -0.15) is 0 Å². The average Bonchev–Trinajstić information content (AvgIpc) is 2.31. The molecule has 108 valence electrons. The Labute approximate surface area is 128 Å². The smallest absolute Gasteiger partial charge is 0.224 e. The van der Waals surface area contributed by atoms with E-state index in [9.17, 15) is 4.79 Å². The van der Waals surface area contributed by atoms with Gasteiger partial charge in [0.05, 0.1) is 11.4 Å². The third-order valence-corrected chi connectivity index (χ3v) is 2.98. The van der Waals surface area contributed by atoms with Gasteiger partial charge in [-0.25, -0.2) is 0 Å². The van der Waals surface area contributed by atoms with Crippen LogP contribution in [0.25, 0.3) is 0 Å². The first-order valence-corrected chi connectivity index (χ1v) is 6.77. The molecule has 6 heteroatoms. The van der Waals surface area contributed by atoms with Gasteiger partial charge in [0, 0.05) is 24.1 Å². The minimum Gasteiger partial charge on any atom is -0.397 e. The van der Waals surface area contributed by atoms with Crippen LogP contribution in [0.1, 0.15) is 25.3 Å². The number of rotatable bonds is 6. The number of nitrogen functional groups attached to an aromatic ring is 1. The van der Waals surface area contributed by atoms with E-state index in [1.54, 1.807) is 0 Å². The lowest BCUT2D eigenvalue weighted by Crippen LogP contribution is -2.14. The van der Waals surface area contributed by atoms with Gasteiger partial charge in [0.1, 0.15) is 0 Å². The van der Waals surface area contributed by atoms with E-state index in [0.29, 0.717) is 37.4 Å². The van der Waals surface area contributed by atoms with Gasteiger partial charge in [0.15, 0.2) is 0 Å². The summed E-state index contributed by atoms with van der Waals surface area (Å²) < 4.78 is 6.09. The first kappa shape index (κ1) is 18.2. The molecule has 1 amide bonds. The van der Waals surface area contributed by atoms with Crippen molar-refractivity contribution in [1.82, 2.24) is 0 Å². The molecule has 0 spiro atoms. The summed E-state index contributed by atoms with van der Waals surface area (Å²) in [6.45, 7) is 5.13. The van der Waals surface area contributed by atoms with Crippen molar-refractivity contribution >= 4 is 45.6 Å². The molecule has 0 aliphatic carbocycles. The molecule has 0 aliphatic rings. The topological polar surface area (TPSA) is 64.3 Å². The molecule has 0 saturated carbocycles. The lowest BCUT2D eigenvalue weighted by Gasteiger charge is -2.11.